The first-order chi connectivity index (χ1) is 8.79. The smallest absolute Gasteiger partial charge is 0.188 e. The van der Waals surface area contributed by atoms with E-state index in [9.17, 15) is 0 Å². The van der Waals surface area contributed by atoms with E-state index in [2.05, 4.69) is 22.1 Å². The van der Waals surface area contributed by atoms with Gasteiger partial charge in [0.05, 0.1) is 12.6 Å². The third kappa shape index (κ3) is 3.85. The largest absolute Gasteiger partial charge is 0.376 e. The molecule has 0 radical (unpaired) electrons. The number of likely N-dealkylation sites (tertiary alicyclic amines) is 1. The molecule has 2 fully saturated rings. The van der Waals surface area contributed by atoms with E-state index in [0.717, 1.165) is 39.1 Å². The minimum absolute atomic E-state index is 0.317. The van der Waals surface area contributed by atoms with E-state index in [1.54, 1.807) is 0 Å². The van der Waals surface area contributed by atoms with Crippen molar-refractivity contribution < 1.29 is 4.74 Å². The fraction of sp³-hybridized carbons (Fsp3) is 0.923. The number of nitrogens with two attached hydrogens (primary N) is 1. The van der Waals surface area contributed by atoms with Gasteiger partial charge < -0.3 is 15.8 Å². The Kier molecular flexibility index (Phi) is 5.26. The maximum absolute atomic E-state index is 5.88. The van der Waals surface area contributed by atoms with E-state index in [-0.39, 0.29) is 0 Å². The third-order valence-electron chi connectivity index (χ3n) is 3.91. The van der Waals surface area contributed by atoms with E-state index in [0.29, 0.717) is 18.1 Å². The second-order valence-corrected chi connectivity index (χ2v) is 5.17. The van der Waals surface area contributed by atoms with Crippen molar-refractivity contribution in [3.63, 3.8) is 0 Å². The van der Waals surface area contributed by atoms with Gasteiger partial charge >= 0.3 is 0 Å². The number of nitrogens with zero attached hydrogens (tertiary/aromatic N) is 2. The molecule has 2 aliphatic rings. The Morgan fingerprint density at radius 3 is 3.06 bits per heavy atom. The van der Waals surface area contributed by atoms with Crippen molar-refractivity contribution in [1.29, 1.82) is 0 Å². The molecule has 0 aromatic carbocycles. The summed E-state index contributed by atoms with van der Waals surface area (Å²) in [6.45, 7) is 7.02. The number of guanidine groups is 1. The molecule has 0 saturated carbocycles. The molecule has 2 rings (SSSR count). The van der Waals surface area contributed by atoms with Crippen LogP contribution in [0.3, 0.4) is 0 Å². The van der Waals surface area contributed by atoms with Crippen molar-refractivity contribution in [2.24, 2.45) is 10.7 Å². The van der Waals surface area contributed by atoms with Gasteiger partial charge in [0.2, 0.25) is 0 Å². The van der Waals surface area contributed by atoms with Gasteiger partial charge in [-0.1, -0.05) is 6.92 Å². The molecule has 2 heterocycles. The maximum atomic E-state index is 5.88. The van der Waals surface area contributed by atoms with Gasteiger partial charge in [-0.2, -0.15) is 0 Å². The van der Waals surface area contributed by atoms with Crippen LogP contribution in [0, 0.1) is 0 Å². The van der Waals surface area contributed by atoms with E-state index in [4.69, 9.17) is 10.5 Å². The summed E-state index contributed by atoms with van der Waals surface area (Å²) < 4.78 is 5.53. The van der Waals surface area contributed by atoms with Gasteiger partial charge in [-0.3, -0.25) is 9.89 Å². The minimum atomic E-state index is 0.317. The molecule has 5 nitrogen and oxygen atoms in total. The molecule has 5 heteroatoms. The fourth-order valence-electron chi connectivity index (χ4n) is 2.80. The highest BCUT2D eigenvalue weighted by molar-refractivity contribution is 5.77. The molecule has 0 unspecified atom stereocenters. The lowest BCUT2D eigenvalue weighted by molar-refractivity contribution is 0.114. The monoisotopic (exact) mass is 254 g/mol. The fourth-order valence-corrected chi connectivity index (χ4v) is 2.80. The summed E-state index contributed by atoms with van der Waals surface area (Å²) in [5.74, 6) is 0.563. The van der Waals surface area contributed by atoms with Crippen LogP contribution in [-0.2, 0) is 4.74 Å². The zero-order valence-electron chi connectivity index (χ0n) is 11.4. The van der Waals surface area contributed by atoms with Crippen LogP contribution in [-0.4, -0.2) is 55.8 Å². The highest BCUT2D eigenvalue weighted by Crippen LogP contribution is 2.16. The molecule has 2 atom stereocenters. The Labute approximate surface area is 110 Å². The van der Waals surface area contributed by atoms with Crippen LogP contribution in [0.15, 0.2) is 4.99 Å². The van der Waals surface area contributed by atoms with Crippen molar-refractivity contribution in [3.05, 3.63) is 0 Å². The van der Waals surface area contributed by atoms with Crippen molar-refractivity contribution in [1.82, 2.24) is 10.2 Å². The minimum Gasteiger partial charge on any atom is -0.376 e. The standard InChI is InChI=1S/C13H26N4O/c1-2-17-7-3-5-11(17)9-15-13(14)16-10-12-6-4-8-18-12/h11-12H,2-10H2,1H3,(H3,14,15,16)/t11-,12+/m0/s1. The lowest BCUT2D eigenvalue weighted by Crippen LogP contribution is -2.39. The SMILES string of the molecule is CCN1CCC[C@H]1CN=C(N)NC[C@H]1CCCO1. The van der Waals surface area contributed by atoms with Crippen molar-refractivity contribution >= 4 is 5.96 Å². The third-order valence-corrected chi connectivity index (χ3v) is 3.91. The Bertz CT molecular complexity index is 276. The van der Waals surface area contributed by atoms with Crippen molar-refractivity contribution in [3.8, 4) is 0 Å². The summed E-state index contributed by atoms with van der Waals surface area (Å²) in [5, 5.41) is 3.17. The van der Waals surface area contributed by atoms with Gasteiger partial charge in [0.1, 0.15) is 0 Å². The van der Waals surface area contributed by atoms with Crippen LogP contribution in [0.2, 0.25) is 0 Å². The Balaban J connectivity index is 1.67. The number of nitrogens with one attached hydrogen (secondary N) is 1. The average Bonchev–Trinajstić information content (AvgIpc) is 3.04. The molecule has 2 aliphatic heterocycles. The first-order valence-corrected chi connectivity index (χ1v) is 7.19. The quantitative estimate of drug-likeness (QED) is 0.556. The van der Waals surface area contributed by atoms with Crippen LogP contribution in [0.25, 0.3) is 0 Å². The summed E-state index contributed by atoms with van der Waals surface area (Å²) in [6.07, 6.45) is 5.15. The summed E-state index contributed by atoms with van der Waals surface area (Å²) in [6, 6.07) is 0.582. The van der Waals surface area contributed by atoms with Crippen LogP contribution in [0.1, 0.15) is 32.6 Å². The highest BCUT2D eigenvalue weighted by atomic mass is 16.5. The molecule has 0 spiro atoms. The van der Waals surface area contributed by atoms with Crippen LogP contribution in [0.4, 0.5) is 0 Å². The van der Waals surface area contributed by atoms with Gasteiger partial charge in [0, 0.05) is 19.2 Å². The predicted octanol–water partition coefficient (Wildman–Crippen LogP) is 0.554. The Morgan fingerprint density at radius 2 is 2.33 bits per heavy atom. The maximum Gasteiger partial charge on any atom is 0.188 e. The lowest BCUT2D eigenvalue weighted by atomic mass is 10.2. The van der Waals surface area contributed by atoms with Crippen LogP contribution < -0.4 is 11.1 Å². The number of ether oxygens (including phenoxy) is 1. The molecule has 18 heavy (non-hydrogen) atoms. The van der Waals surface area contributed by atoms with Crippen LogP contribution >= 0.6 is 0 Å². The van der Waals surface area contributed by atoms with Gasteiger partial charge in [-0.25, -0.2) is 0 Å². The van der Waals surface area contributed by atoms with Gasteiger partial charge in [0.15, 0.2) is 5.96 Å². The second kappa shape index (κ2) is 6.95. The summed E-state index contributed by atoms with van der Waals surface area (Å²) in [4.78, 5) is 6.93. The molecular weight excluding hydrogens is 228 g/mol. The average molecular weight is 254 g/mol. The number of hydrogen-bond acceptors (Lipinski definition) is 3. The molecule has 0 aromatic rings. The zero-order chi connectivity index (χ0) is 12.8. The van der Waals surface area contributed by atoms with E-state index in [1.165, 1.54) is 19.4 Å². The predicted molar refractivity (Wildman–Crippen MR) is 73.7 cm³/mol. The molecule has 0 aliphatic carbocycles. The van der Waals surface area contributed by atoms with E-state index < -0.39 is 0 Å². The molecule has 0 bridgehead atoms. The normalized spacial score (nSPS) is 29.9. The van der Waals surface area contributed by atoms with Crippen molar-refractivity contribution in [2.75, 3.05) is 32.8 Å². The van der Waals surface area contributed by atoms with Crippen molar-refractivity contribution in [2.45, 2.75) is 44.8 Å². The molecule has 2 saturated heterocycles. The lowest BCUT2D eigenvalue weighted by Gasteiger charge is -2.21. The molecule has 0 amide bonds. The van der Waals surface area contributed by atoms with Gasteiger partial charge in [0.25, 0.3) is 0 Å². The Hall–Kier alpha value is -0.810. The second-order valence-electron chi connectivity index (χ2n) is 5.17. The van der Waals surface area contributed by atoms with Crippen LogP contribution in [0.5, 0.6) is 0 Å². The molecule has 0 aromatic heterocycles. The van der Waals surface area contributed by atoms with Gasteiger partial charge in [-0.05, 0) is 38.8 Å². The molecule has 104 valence electrons. The zero-order valence-corrected chi connectivity index (χ0v) is 11.4. The van der Waals surface area contributed by atoms with E-state index >= 15 is 0 Å². The van der Waals surface area contributed by atoms with Gasteiger partial charge in [-0.15, -0.1) is 0 Å². The first kappa shape index (κ1) is 13.6. The van der Waals surface area contributed by atoms with E-state index in [1.807, 2.05) is 0 Å². The highest BCUT2D eigenvalue weighted by Gasteiger charge is 2.22. The summed E-state index contributed by atoms with van der Waals surface area (Å²) in [5.41, 5.74) is 5.88. The Morgan fingerprint density at radius 1 is 1.44 bits per heavy atom. The number of likely N-dealkylation sites (N-methyl/N-ethyl adjacent to an activating group) is 1. The summed E-state index contributed by atoms with van der Waals surface area (Å²) in [7, 11) is 0. The number of hydrogen-bond donors (Lipinski definition) is 2. The molecular formula is C13H26N4O. The first-order valence-electron chi connectivity index (χ1n) is 7.19. The molecule has 3 N–H and O–H groups in total. The number of rotatable bonds is 5. The summed E-state index contributed by atoms with van der Waals surface area (Å²) >= 11 is 0. The number of aliphatic imine (C=N–C) groups is 1. The topological polar surface area (TPSA) is 62.9 Å².